The van der Waals surface area contributed by atoms with Gasteiger partial charge in [-0.25, -0.2) is 0 Å². The lowest BCUT2D eigenvalue weighted by Crippen LogP contribution is -2.46. The van der Waals surface area contributed by atoms with Gasteiger partial charge in [0.25, 0.3) is 0 Å². The van der Waals surface area contributed by atoms with Gasteiger partial charge in [-0.05, 0) is 18.7 Å². The number of nitrogens with one attached hydrogen (secondary N) is 1. The number of carbonyl (C=O) groups is 1. The van der Waals surface area contributed by atoms with E-state index >= 15 is 0 Å². The van der Waals surface area contributed by atoms with Crippen molar-refractivity contribution in [3.05, 3.63) is 24.3 Å². The Kier molecular flexibility index (Phi) is 14.2. The van der Waals surface area contributed by atoms with Crippen LogP contribution in [-0.4, -0.2) is 63.3 Å². The Balaban J connectivity index is 0. The molecule has 1 aromatic rings. The van der Waals surface area contributed by atoms with Gasteiger partial charge >= 0.3 is 0 Å². The molecule has 0 saturated carbocycles. The van der Waals surface area contributed by atoms with Crippen LogP contribution < -0.4 is 16.0 Å². The molecule has 1 amide bonds. The van der Waals surface area contributed by atoms with Crippen molar-refractivity contribution in [2.75, 3.05) is 56.7 Å². The fourth-order valence-corrected chi connectivity index (χ4v) is 2.64. The van der Waals surface area contributed by atoms with E-state index < -0.39 is 6.04 Å². The number of rotatable bonds is 6. The molecular weight excluding hydrogens is 387 g/mol. The predicted molar refractivity (Wildman–Crippen MR) is 111 cm³/mol. The van der Waals surface area contributed by atoms with E-state index in [2.05, 4.69) is 22.0 Å². The second kappa shape index (κ2) is 13.4. The van der Waals surface area contributed by atoms with Crippen LogP contribution in [0.2, 0.25) is 0 Å². The number of piperazine rings is 1. The van der Waals surface area contributed by atoms with Gasteiger partial charge in [0.2, 0.25) is 5.91 Å². The number of nitrogens with zero attached hydrogens (tertiary/aromatic N) is 2. The first-order chi connectivity index (χ1) is 10.7. The Morgan fingerprint density at radius 3 is 2.36 bits per heavy atom. The summed E-state index contributed by atoms with van der Waals surface area (Å²) >= 11 is 0. The zero-order valence-corrected chi connectivity index (χ0v) is 17.1. The molecule has 0 aromatic heterocycles. The first-order valence-corrected chi connectivity index (χ1v) is 7.77. The van der Waals surface area contributed by atoms with E-state index in [-0.39, 0.29) is 49.7 Å². The fourth-order valence-electron chi connectivity index (χ4n) is 2.64. The molecule has 3 N–H and O–H groups in total. The normalized spacial score (nSPS) is 15.2. The van der Waals surface area contributed by atoms with Crippen LogP contribution in [0.3, 0.4) is 0 Å². The third kappa shape index (κ3) is 7.56. The number of anilines is 2. The zero-order chi connectivity index (χ0) is 15.9. The Bertz CT molecular complexity index is 500. The first-order valence-electron chi connectivity index (χ1n) is 7.77. The smallest absolute Gasteiger partial charge is 0.243 e. The Hall–Kier alpha value is -0.760. The number of ether oxygens (including phenoxy) is 1. The molecule has 1 unspecified atom stereocenters. The molecule has 0 aliphatic carbocycles. The molecule has 0 spiro atoms. The number of likely N-dealkylation sites (N-methyl/N-ethyl adjacent to an activating group) is 1. The second-order valence-electron chi connectivity index (χ2n) is 5.49. The number of amides is 1. The molecule has 146 valence electrons. The first kappa shape index (κ1) is 26.5. The number of hydrogen-bond acceptors (Lipinski definition) is 5. The van der Waals surface area contributed by atoms with Crippen molar-refractivity contribution >= 4 is 54.5 Å². The van der Waals surface area contributed by atoms with Crippen molar-refractivity contribution in [2.24, 2.45) is 5.73 Å². The lowest BCUT2D eigenvalue weighted by atomic mass is 10.2. The average Bonchev–Trinajstić information content (AvgIpc) is 2.55. The molecule has 1 aliphatic heterocycles. The lowest BCUT2D eigenvalue weighted by Gasteiger charge is -2.36. The van der Waals surface area contributed by atoms with E-state index in [9.17, 15) is 4.79 Å². The molecule has 0 radical (unpaired) electrons. The summed E-state index contributed by atoms with van der Waals surface area (Å²) in [5.41, 5.74) is 7.64. The van der Waals surface area contributed by atoms with Crippen molar-refractivity contribution in [1.29, 1.82) is 0 Å². The maximum absolute atomic E-state index is 12.1. The monoisotopic (exact) mass is 414 g/mol. The van der Waals surface area contributed by atoms with Crippen LogP contribution in [0.4, 0.5) is 11.4 Å². The van der Waals surface area contributed by atoms with Gasteiger partial charge in [-0.3, -0.25) is 4.79 Å². The highest BCUT2D eigenvalue weighted by Crippen LogP contribution is 2.26. The number of nitrogens with two attached hydrogens (primary N) is 1. The van der Waals surface area contributed by atoms with Gasteiger partial charge in [0.05, 0.1) is 18.0 Å². The molecule has 1 aliphatic rings. The second-order valence-corrected chi connectivity index (χ2v) is 5.49. The molecule has 1 heterocycles. The summed E-state index contributed by atoms with van der Waals surface area (Å²) in [5.74, 6) is -0.221. The van der Waals surface area contributed by atoms with E-state index in [1.807, 2.05) is 24.3 Å². The third-order valence-corrected chi connectivity index (χ3v) is 4.01. The molecule has 2 rings (SSSR count). The van der Waals surface area contributed by atoms with Crippen molar-refractivity contribution in [2.45, 2.75) is 13.0 Å². The van der Waals surface area contributed by atoms with Crippen molar-refractivity contribution in [3.63, 3.8) is 0 Å². The molecule has 9 heteroatoms. The molecular formula is C16H29Cl3N4O2. The van der Waals surface area contributed by atoms with E-state index in [1.54, 1.807) is 0 Å². The quantitative estimate of drug-likeness (QED) is 0.743. The van der Waals surface area contributed by atoms with Gasteiger partial charge in [0, 0.05) is 33.3 Å². The summed E-state index contributed by atoms with van der Waals surface area (Å²) in [6.07, 6.45) is 0. The SMILES string of the molecule is CCN1CCN(c2ccccc2NC(=O)C(N)COC)CC1.Cl.Cl.Cl. The standard InChI is InChI=1S/C16H26N4O2.3ClH/c1-3-19-8-10-20(11-9-19)15-7-5-4-6-14(15)18-16(21)13(17)12-22-2;;;/h4-7,13H,3,8-12,17H2,1-2H3,(H,18,21);3*1H. The summed E-state index contributed by atoms with van der Waals surface area (Å²) < 4.78 is 4.93. The fraction of sp³-hybridized carbons (Fsp3) is 0.562. The minimum atomic E-state index is -0.657. The largest absolute Gasteiger partial charge is 0.383 e. The molecule has 25 heavy (non-hydrogen) atoms. The highest BCUT2D eigenvalue weighted by molar-refractivity contribution is 5.97. The van der Waals surface area contributed by atoms with E-state index in [4.69, 9.17) is 10.5 Å². The van der Waals surface area contributed by atoms with Crippen LogP contribution in [0.25, 0.3) is 0 Å². The van der Waals surface area contributed by atoms with Crippen LogP contribution in [0.15, 0.2) is 24.3 Å². The number of benzene rings is 1. The molecule has 0 bridgehead atoms. The van der Waals surface area contributed by atoms with Gasteiger partial charge in [-0.15, -0.1) is 37.2 Å². The summed E-state index contributed by atoms with van der Waals surface area (Å²) in [5, 5.41) is 2.92. The zero-order valence-electron chi connectivity index (χ0n) is 14.6. The van der Waals surface area contributed by atoms with Crippen molar-refractivity contribution in [1.82, 2.24) is 4.90 Å². The lowest BCUT2D eigenvalue weighted by molar-refractivity contribution is -0.118. The Labute approximate surface area is 168 Å². The summed E-state index contributed by atoms with van der Waals surface area (Å²) in [6.45, 7) is 7.49. The van der Waals surface area contributed by atoms with Gasteiger partial charge in [-0.1, -0.05) is 19.1 Å². The number of methoxy groups -OCH3 is 1. The summed E-state index contributed by atoms with van der Waals surface area (Å²) in [4.78, 5) is 16.8. The van der Waals surface area contributed by atoms with E-state index in [0.29, 0.717) is 0 Å². The van der Waals surface area contributed by atoms with Crippen LogP contribution >= 0.6 is 37.2 Å². The summed E-state index contributed by atoms with van der Waals surface area (Å²) in [7, 11) is 1.54. The minimum absolute atomic E-state index is 0. The highest BCUT2D eigenvalue weighted by atomic mass is 35.5. The number of halogens is 3. The molecule has 6 nitrogen and oxygen atoms in total. The number of para-hydroxylation sites is 2. The number of hydrogen-bond donors (Lipinski definition) is 2. The Morgan fingerprint density at radius 1 is 1.20 bits per heavy atom. The highest BCUT2D eigenvalue weighted by Gasteiger charge is 2.20. The maximum atomic E-state index is 12.1. The Morgan fingerprint density at radius 2 is 1.80 bits per heavy atom. The van der Waals surface area contributed by atoms with Gasteiger partial charge < -0.3 is 25.6 Å². The minimum Gasteiger partial charge on any atom is -0.383 e. The third-order valence-electron chi connectivity index (χ3n) is 4.01. The maximum Gasteiger partial charge on any atom is 0.243 e. The molecule has 1 saturated heterocycles. The van der Waals surface area contributed by atoms with E-state index in [0.717, 1.165) is 44.1 Å². The van der Waals surface area contributed by atoms with Gasteiger partial charge in [0.1, 0.15) is 6.04 Å². The van der Waals surface area contributed by atoms with E-state index in [1.165, 1.54) is 7.11 Å². The molecule has 1 aromatic carbocycles. The number of carbonyl (C=O) groups excluding carboxylic acids is 1. The van der Waals surface area contributed by atoms with Gasteiger partial charge in [0.15, 0.2) is 0 Å². The average molecular weight is 416 g/mol. The molecule has 1 atom stereocenters. The predicted octanol–water partition coefficient (Wildman–Crippen LogP) is 2.01. The molecule has 1 fully saturated rings. The van der Waals surface area contributed by atoms with Crippen LogP contribution in [0, 0.1) is 0 Å². The summed E-state index contributed by atoms with van der Waals surface area (Å²) in [6, 6.07) is 7.21. The van der Waals surface area contributed by atoms with Crippen LogP contribution in [0.5, 0.6) is 0 Å². The van der Waals surface area contributed by atoms with Crippen LogP contribution in [-0.2, 0) is 9.53 Å². The topological polar surface area (TPSA) is 70.8 Å². The van der Waals surface area contributed by atoms with Gasteiger partial charge in [-0.2, -0.15) is 0 Å². The van der Waals surface area contributed by atoms with Crippen molar-refractivity contribution in [3.8, 4) is 0 Å². The van der Waals surface area contributed by atoms with Crippen LogP contribution in [0.1, 0.15) is 6.92 Å². The van der Waals surface area contributed by atoms with Crippen molar-refractivity contribution < 1.29 is 9.53 Å².